The Bertz CT molecular complexity index is 599. The molecule has 6 heteroatoms. The highest BCUT2D eigenvalue weighted by atomic mass is 35.5. The Labute approximate surface area is 129 Å². The van der Waals surface area contributed by atoms with Gasteiger partial charge in [-0.1, -0.05) is 30.7 Å². The fourth-order valence-electron chi connectivity index (χ4n) is 2.18. The van der Waals surface area contributed by atoms with Gasteiger partial charge in [0.2, 0.25) is 0 Å². The summed E-state index contributed by atoms with van der Waals surface area (Å²) in [6.07, 6.45) is 3.50. The average molecular weight is 311 g/mol. The molecule has 21 heavy (non-hydrogen) atoms. The van der Waals surface area contributed by atoms with Crippen LogP contribution in [-0.2, 0) is 6.42 Å². The molecule has 1 aromatic carbocycles. The molecule has 2 unspecified atom stereocenters. The van der Waals surface area contributed by atoms with Crippen LogP contribution in [0.25, 0.3) is 0 Å². The highest BCUT2D eigenvalue weighted by Crippen LogP contribution is 2.27. The van der Waals surface area contributed by atoms with Gasteiger partial charge in [-0.25, -0.2) is 4.39 Å². The maximum atomic E-state index is 13.6. The molecule has 0 aliphatic carbocycles. The van der Waals surface area contributed by atoms with E-state index >= 15 is 0 Å². The molecular formula is C15H20ClFN4. The van der Waals surface area contributed by atoms with E-state index in [-0.39, 0.29) is 11.1 Å². The molecule has 3 N–H and O–H groups in total. The molecule has 0 saturated heterocycles. The van der Waals surface area contributed by atoms with Crippen LogP contribution in [0.3, 0.4) is 0 Å². The Morgan fingerprint density at radius 2 is 2.19 bits per heavy atom. The Morgan fingerprint density at radius 3 is 2.86 bits per heavy atom. The molecule has 0 saturated carbocycles. The topological polar surface area (TPSA) is 55.9 Å². The Hall–Kier alpha value is -1.43. The minimum atomic E-state index is -0.445. The Balaban J connectivity index is 2.19. The number of aromatic nitrogens is 2. The lowest BCUT2D eigenvalue weighted by atomic mass is 10.0. The van der Waals surface area contributed by atoms with E-state index in [2.05, 4.69) is 24.4 Å². The largest absolute Gasteiger partial charge is 0.271 e. The van der Waals surface area contributed by atoms with Gasteiger partial charge >= 0.3 is 0 Å². The molecule has 2 rings (SSSR count). The number of hydrogen-bond acceptors (Lipinski definition) is 3. The van der Waals surface area contributed by atoms with Crippen molar-refractivity contribution < 1.29 is 4.39 Å². The molecule has 2 atom stereocenters. The summed E-state index contributed by atoms with van der Waals surface area (Å²) in [5.74, 6) is 5.15. The molecule has 0 spiro atoms. The van der Waals surface area contributed by atoms with Crippen LogP contribution >= 0.6 is 11.6 Å². The molecule has 114 valence electrons. The predicted molar refractivity (Wildman–Crippen MR) is 82.4 cm³/mol. The van der Waals surface area contributed by atoms with E-state index < -0.39 is 5.82 Å². The van der Waals surface area contributed by atoms with Gasteiger partial charge in [-0.15, -0.1) is 0 Å². The highest BCUT2D eigenvalue weighted by molar-refractivity contribution is 6.31. The number of halogens is 2. The summed E-state index contributed by atoms with van der Waals surface area (Å²) >= 11 is 6.01. The van der Waals surface area contributed by atoms with Crippen LogP contribution in [0.2, 0.25) is 5.02 Å². The molecule has 1 aromatic heterocycles. The second kappa shape index (κ2) is 7.02. The fourth-order valence-corrected chi connectivity index (χ4v) is 2.43. The van der Waals surface area contributed by atoms with Gasteiger partial charge < -0.3 is 0 Å². The second-order valence-electron chi connectivity index (χ2n) is 5.11. The lowest BCUT2D eigenvalue weighted by molar-refractivity contribution is 0.466. The standard InChI is InChI=1S/C15H20ClFN4/c1-3-10(2)21-8-7-11(20-21)9-14(19-18)12-5-4-6-13(17)15(12)16/h4-8,10,14,19H,3,9,18H2,1-2H3. The number of rotatable bonds is 6. The smallest absolute Gasteiger partial charge is 0.142 e. The van der Waals surface area contributed by atoms with Crippen molar-refractivity contribution in [2.75, 3.05) is 0 Å². The number of nitrogens with zero attached hydrogens (tertiary/aromatic N) is 2. The van der Waals surface area contributed by atoms with Crippen LogP contribution in [0.4, 0.5) is 4.39 Å². The van der Waals surface area contributed by atoms with E-state index in [1.54, 1.807) is 12.1 Å². The van der Waals surface area contributed by atoms with Gasteiger partial charge in [0, 0.05) is 18.7 Å². The zero-order valence-electron chi connectivity index (χ0n) is 12.2. The van der Waals surface area contributed by atoms with Gasteiger partial charge in [-0.05, 0) is 31.0 Å². The van der Waals surface area contributed by atoms with Crippen LogP contribution in [0, 0.1) is 5.82 Å². The Morgan fingerprint density at radius 1 is 1.43 bits per heavy atom. The number of hydrazine groups is 1. The SMILES string of the molecule is CCC(C)n1ccc(CC(NN)c2cccc(F)c2Cl)n1. The minimum absolute atomic E-state index is 0.0989. The van der Waals surface area contributed by atoms with Crippen molar-refractivity contribution in [1.29, 1.82) is 0 Å². The summed E-state index contributed by atoms with van der Waals surface area (Å²) in [7, 11) is 0. The van der Waals surface area contributed by atoms with Crippen LogP contribution < -0.4 is 11.3 Å². The zero-order valence-corrected chi connectivity index (χ0v) is 12.9. The van der Waals surface area contributed by atoms with Crippen molar-refractivity contribution in [2.45, 2.75) is 38.8 Å². The fraction of sp³-hybridized carbons (Fsp3) is 0.400. The van der Waals surface area contributed by atoms with Crippen molar-refractivity contribution in [1.82, 2.24) is 15.2 Å². The molecule has 0 fully saturated rings. The number of nitrogens with one attached hydrogen (secondary N) is 1. The van der Waals surface area contributed by atoms with Gasteiger partial charge in [0.05, 0.1) is 16.8 Å². The first-order valence-corrected chi connectivity index (χ1v) is 7.38. The van der Waals surface area contributed by atoms with Crippen molar-refractivity contribution in [3.63, 3.8) is 0 Å². The summed E-state index contributed by atoms with van der Waals surface area (Å²) in [5, 5.41) is 4.63. The first-order valence-electron chi connectivity index (χ1n) is 7.00. The van der Waals surface area contributed by atoms with Gasteiger partial charge in [0.25, 0.3) is 0 Å². The lowest BCUT2D eigenvalue weighted by Crippen LogP contribution is -2.30. The summed E-state index contributed by atoms with van der Waals surface area (Å²) in [6, 6.07) is 6.73. The third-order valence-corrected chi connectivity index (χ3v) is 4.08. The monoisotopic (exact) mass is 310 g/mol. The first kappa shape index (κ1) is 15.9. The zero-order chi connectivity index (χ0) is 15.4. The van der Waals surface area contributed by atoms with Gasteiger partial charge in [0.1, 0.15) is 5.82 Å². The lowest BCUT2D eigenvalue weighted by Gasteiger charge is -2.17. The first-order chi connectivity index (χ1) is 10.1. The number of nitrogens with two attached hydrogens (primary N) is 1. The molecule has 0 bridgehead atoms. The van der Waals surface area contributed by atoms with Gasteiger partial charge in [-0.2, -0.15) is 5.10 Å². The molecule has 0 aliphatic heterocycles. The van der Waals surface area contributed by atoms with Gasteiger partial charge in [-0.3, -0.25) is 16.0 Å². The second-order valence-corrected chi connectivity index (χ2v) is 5.49. The van der Waals surface area contributed by atoms with E-state index in [9.17, 15) is 4.39 Å². The van der Waals surface area contributed by atoms with Crippen molar-refractivity contribution in [3.8, 4) is 0 Å². The quantitative estimate of drug-likeness (QED) is 0.635. The summed E-state index contributed by atoms with van der Waals surface area (Å²) in [4.78, 5) is 0. The molecule has 1 heterocycles. The van der Waals surface area contributed by atoms with E-state index in [1.807, 2.05) is 16.9 Å². The third-order valence-electron chi connectivity index (χ3n) is 3.68. The van der Waals surface area contributed by atoms with Gasteiger partial charge in [0.15, 0.2) is 0 Å². The number of benzene rings is 1. The van der Waals surface area contributed by atoms with E-state index in [0.717, 1.165) is 12.1 Å². The summed E-state index contributed by atoms with van der Waals surface area (Å²) in [6.45, 7) is 4.22. The summed E-state index contributed by atoms with van der Waals surface area (Å²) < 4.78 is 15.5. The Kier molecular flexibility index (Phi) is 5.33. The van der Waals surface area contributed by atoms with Crippen LogP contribution in [0.1, 0.15) is 43.6 Å². The van der Waals surface area contributed by atoms with E-state index in [0.29, 0.717) is 18.0 Å². The molecule has 2 aromatic rings. The average Bonchev–Trinajstić information content (AvgIpc) is 2.95. The molecule has 0 aliphatic rings. The van der Waals surface area contributed by atoms with E-state index in [4.69, 9.17) is 17.4 Å². The molecular weight excluding hydrogens is 291 g/mol. The number of hydrogen-bond donors (Lipinski definition) is 2. The predicted octanol–water partition coefficient (Wildman–Crippen LogP) is 3.39. The normalized spacial score (nSPS) is 14.1. The van der Waals surface area contributed by atoms with Crippen LogP contribution in [0.15, 0.2) is 30.5 Å². The van der Waals surface area contributed by atoms with Crippen LogP contribution in [0.5, 0.6) is 0 Å². The maximum Gasteiger partial charge on any atom is 0.142 e. The van der Waals surface area contributed by atoms with Crippen LogP contribution in [-0.4, -0.2) is 9.78 Å². The van der Waals surface area contributed by atoms with Crippen molar-refractivity contribution in [3.05, 3.63) is 52.6 Å². The van der Waals surface area contributed by atoms with Crippen molar-refractivity contribution in [2.24, 2.45) is 5.84 Å². The van der Waals surface area contributed by atoms with Crippen molar-refractivity contribution >= 4 is 11.6 Å². The highest BCUT2D eigenvalue weighted by Gasteiger charge is 2.17. The molecule has 0 amide bonds. The summed E-state index contributed by atoms with van der Waals surface area (Å²) in [5.41, 5.74) is 4.21. The maximum absolute atomic E-state index is 13.6. The molecule has 0 radical (unpaired) electrons. The molecule has 4 nitrogen and oxygen atoms in total. The minimum Gasteiger partial charge on any atom is -0.271 e. The third kappa shape index (κ3) is 3.61. The van der Waals surface area contributed by atoms with E-state index in [1.165, 1.54) is 6.07 Å².